The Morgan fingerprint density at radius 3 is 2.05 bits per heavy atom. The van der Waals surface area contributed by atoms with E-state index in [4.69, 9.17) is 4.98 Å². The van der Waals surface area contributed by atoms with Gasteiger partial charge in [-0.2, -0.15) is 0 Å². The first kappa shape index (κ1) is 25.5. The molecule has 1 aromatic carbocycles. The van der Waals surface area contributed by atoms with Gasteiger partial charge in [-0.15, -0.1) is 0 Å². The number of carbonyl (C=O) groups excluding carboxylic acids is 2. The Morgan fingerprint density at radius 2 is 1.41 bits per heavy atom. The van der Waals surface area contributed by atoms with Crippen molar-refractivity contribution in [3.05, 3.63) is 52.2 Å². The van der Waals surface area contributed by atoms with Crippen LogP contribution in [0.1, 0.15) is 56.8 Å². The Labute approximate surface area is 219 Å². The van der Waals surface area contributed by atoms with Gasteiger partial charge in [-0.1, -0.05) is 6.07 Å². The topological polar surface area (TPSA) is 94.1 Å². The Kier molecular flexibility index (Phi) is 6.87. The van der Waals surface area contributed by atoms with Gasteiger partial charge in [0.25, 0.3) is 11.8 Å². The molecule has 0 aliphatic carbocycles. The lowest BCUT2D eigenvalue weighted by Gasteiger charge is -2.36. The number of rotatable bonds is 4. The molecular weight excluding hydrogens is 490 g/mol. The number of aromatic nitrogens is 1. The van der Waals surface area contributed by atoms with Crippen molar-refractivity contribution in [2.24, 2.45) is 0 Å². The number of benzene rings is 1. The van der Waals surface area contributed by atoms with Gasteiger partial charge < -0.3 is 14.7 Å². The van der Waals surface area contributed by atoms with Gasteiger partial charge in [0, 0.05) is 51.5 Å². The van der Waals surface area contributed by atoms with Gasteiger partial charge >= 0.3 is 0 Å². The lowest BCUT2D eigenvalue weighted by Crippen LogP contribution is -2.49. The van der Waals surface area contributed by atoms with E-state index in [0.29, 0.717) is 69.0 Å². The fourth-order valence-electron chi connectivity index (χ4n) is 5.51. The molecule has 4 heterocycles. The van der Waals surface area contributed by atoms with Crippen molar-refractivity contribution in [1.29, 1.82) is 0 Å². The van der Waals surface area contributed by atoms with Gasteiger partial charge in [0.05, 0.1) is 22.6 Å². The van der Waals surface area contributed by atoms with E-state index in [1.54, 1.807) is 28.0 Å². The molecular formula is C27H35N5O4S. The molecule has 2 aromatic rings. The zero-order valence-corrected chi connectivity index (χ0v) is 22.7. The molecule has 37 heavy (non-hydrogen) atoms. The molecule has 3 aliphatic heterocycles. The summed E-state index contributed by atoms with van der Waals surface area (Å²) in [5.41, 5.74) is 4.37. The molecule has 0 radical (unpaired) electrons. The van der Waals surface area contributed by atoms with Crippen LogP contribution in [-0.4, -0.2) is 86.6 Å². The number of aryl methyl sites for hydroxylation is 3. The maximum absolute atomic E-state index is 13.7. The van der Waals surface area contributed by atoms with E-state index in [1.807, 2.05) is 6.92 Å². The van der Waals surface area contributed by atoms with Crippen LogP contribution in [0.25, 0.3) is 0 Å². The van der Waals surface area contributed by atoms with Gasteiger partial charge in [0.1, 0.15) is 5.82 Å². The van der Waals surface area contributed by atoms with E-state index < -0.39 is 10.0 Å². The SMILES string of the molecule is Cc1cc(C)c(N2CCN(C(=O)c3ccc(N4CCCS4(=O)=O)cc3C(=O)N3CCCC3)CC2)nc1C. The first-order chi connectivity index (χ1) is 17.7. The largest absolute Gasteiger partial charge is 0.353 e. The van der Waals surface area contributed by atoms with E-state index in [0.717, 1.165) is 35.5 Å². The zero-order valence-electron chi connectivity index (χ0n) is 21.9. The fraction of sp³-hybridized carbons (Fsp3) is 0.519. The van der Waals surface area contributed by atoms with Crippen LogP contribution in [0.3, 0.4) is 0 Å². The molecule has 0 bridgehead atoms. The summed E-state index contributed by atoms with van der Waals surface area (Å²) >= 11 is 0. The Bertz CT molecular complexity index is 1330. The molecule has 198 valence electrons. The Morgan fingerprint density at radius 1 is 0.757 bits per heavy atom. The Balaban J connectivity index is 1.39. The third kappa shape index (κ3) is 4.91. The molecule has 3 saturated heterocycles. The molecule has 5 rings (SSSR count). The second kappa shape index (κ2) is 9.96. The number of pyridine rings is 1. The Hall–Kier alpha value is -3.14. The standard InChI is InChI=1S/C27H35N5O4S/c1-19-17-20(2)25(28-21(19)3)29-12-14-31(15-13-29)26(33)23-8-7-22(32-11-6-16-37(32,35)36)18-24(23)27(34)30-9-4-5-10-30/h7-8,17-18H,4-6,9-16H2,1-3H3. The summed E-state index contributed by atoms with van der Waals surface area (Å²) in [6.07, 6.45) is 2.42. The minimum atomic E-state index is -3.40. The van der Waals surface area contributed by atoms with Gasteiger partial charge in [-0.3, -0.25) is 13.9 Å². The maximum atomic E-state index is 13.7. The molecule has 3 aliphatic rings. The number of likely N-dealkylation sites (tertiary alicyclic amines) is 1. The third-order valence-corrected chi connectivity index (χ3v) is 9.61. The van der Waals surface area contributed by atoms with Crippen molar-refractivity contribution in [3.8, 4) is 0 Å². The van der Waals surface area contributed by atoms with Crippen molar-refractivity contribution >= 4 is 33.3 Å². The summed E-state index contributed by atoms with van der Waals surface area (Å²) in [4.78, 5) is 37.7. The lowest BCUT2D eigenvalue weighted by atomic mass is 10.0. The number of carbonyl (C=O) groups is 2. The van der Waals surface area contributed by atoms with Crippen molar-refractivity contribution in [2.45, 2.75) is 40.0 Å². The second-order valence-electron chi connectivity index (χ2n) is 10.3. The van der Waals surface area contributed by atoms with Crippen molar-refractivity contribution in [2.75, 3.05) is 60.8 Å². The van der Waals surface area contributed by atoms with Crippen LogP contribution >= 0.6 is 0 Å². The minimum Gasteiger partial charge on any atom is -0.353 e. The average molecular weight is 526 g/mol. The number of hydrogen-bond acceptors (Lipinski definition) is 6. The molecule has 0 unspecified atom stereocenters. The van der Waals surface area contributed by atoms with Gasteiger partial charge in [0.2, 0.25) is 10.0 Å². The first-order valence-corrected chi connectivity index (χ1v) is 14.7. The highest BCUT2D eigenvalue weighted by molar-refractivity contribution is 7.93. The first-order valence-electron chi connectivity index (χ1n) is 13.1. The highest BCUT2D eigenvalue weighted by Gasteiger charge is 2.33. The average Bonchev–Trinajstić information content (AvgIpc) is 3.55. The monoisotopic (exact) mass is 525 g/mol. The van der Waals surface area contributed by atoms with Crippen molar-refractivity contribution in [3.63, 3.8) is 0 Å². The summed E-state index contributed by atoms with van der Waals surface area (Å²) in [5.74, 6) is 0.661. The molecule has 0 spiro atoms. The summed E-state index contributed by atoms with van der Waals surface area (Å²) < 4.78 is 26.4. The number of anilines is 2. The highest BCUT2D eigenvalue weighted by Crippen LogP contribution is 2.29. The molecule has 0 N–H and O–H groups in total. The second-order valence-corrected chi connectivity index (χ2v) is 12.3. The fourth-order valence-corrected chi connectivity index (χ4v) is 7.07. The number of piperazine rings is 1. The van der Waals surface area contributed by atoms with Crippen LogP contribution < -0.4 is 9.21 Å². The molecule has 2 amide bonds. The third-order valence-electron chi connectivity index (χ3n) is 7.74. The predicted molar refractivity (Wildman–Crippen MR) is 144 cm³/mol. The van der Waals surface area contributed by atoms with Crippen LogP contribution in [0.2, 0.25) is 0 Å². The summed E-state index contributed by atoms with van der Waals surface area (Å²) in [7, 11) is -3.40. The normalized spacial score (nSPS) is 19.5. The van der Waals surface area contributed by atoms with Crippen LogP contribution in [0.5, 0.6) is 0 Å². The summed E-state index contributed by atoms with van der Waals surface area (Å²) in [6.45, 7) is 10.2. The predicted octanol–water partition coefficient (Wildman–Crippen LogP) is 2.75. The number of sulfonamides is 1. The molecule has 0 saturated carbocycles. The van der Waals surface area contributed by atoms with Gasteiger partial charge in [0.15, 0.2) is 0 Å². The van der Waals surface area contributed by atoms with Crippen LogP contribution in [0, 0.1) is 20.8 Å². The van der Waals surface area contributed by atoms with E-state index in [2.05, 4.69) is 24.8 Å². The number of hydrogen-bond donors (Lipinski definition) is 0. The van der Waals surface area contributed by atoms with E-state index in [-0.39, 0.29) is 17.6 Å². The molecule has 1 aromatic heterocycles. The van der Waals surface area contributed by atoms with Crippen LogP contribution in [0.15, 0.2) is 24.3 Å². The molecule has 3 fully saturated rings. The maximum Gasteiger partial charge on any atom is 0.254 e. The quantitative estimate of drug-likeness (QED) is 0.609. The van der Waals surface area contributed by atoms with E-state index >= 15 is 0 Å². The van der Waals surface area contributed by atoms with E-state index in [9.17, 15) is 18.0 Å². The minimum absolute atomic E-state index is 0.0994. The van der Waals surface area contributed by atoms with Gasteiger partial charge in [-0.25, -0.2) is 13.4 Å². The van der Waals surface area contributed by atoms with E-state index in [1.165, 1.54) is 4.31 Å². The van der Waals surface area contributed by atoms with Crippen molar-refractivity contribution in [1.82, 2.24) is 14.8 Å². The lowest BCUT2D eigenvalue weighted by molar-refractivity contribution is 0.0724. The number of amides is 2. The molecule has 9 nitrogen and oxygen atoms in total. The highest BCUT2D eigenvalue weighted by atomic mass is 32.2. The van der Waals surface area contributed by atoms with Crippen LogP contribution in [-0.2, 0) is 10.0 Å². The molecule has 0 atom stereocenters. The van der Waals surface area contributed by atoms with Crippen LogP contribution in [0.4, 0.5) is 11.5 Å². The zero-order chi connectivity index (χ0) is 26.3. The number of nitrogens with zero attached hydrogens (tertiary/aromatic N) is 5. The summed E-state index contributed by atoms with van der Waals surface area (Å²) in [5, 5.41) is 0. The smallest absolute Gasteiger partial charge is 0.254 e. The molecule has 10 heteroatoms. The van der Waals surface area contributed by atoms with Gasteiger partial charge in [-0.05, 0) is 69.4 Å². The summed E-state index contributed by atoms with van der Waals surface area (Å²) in [6, 6.07) is 7.05. The van der Waals surface area contributed by atoms with Crippen molar-refractivity contribution < 1.29 is 18.0 Å².